The number of rotatable bonds is 1. The van der Waals surface area contributed by atoms with Crippen LogP contribution in [0.25, 0.3) is 0 Å². The van der Waals surface area contributed by atoms with Gasteiger partial charge in [-0.3, -0.25) is 9.59 Å². The van der Waals surface area contributed by atoms with E-state index in [4.69, 9.17) is 13.9 Å². The zero-order valence-electron chi connectivity index (χ0n) is 14.5. The summed E-state index contributed by atoms with van der Waals surface area (Å²) in [4.78, 5) is 25.7. The van der Waals surface area contributed by atoms with Gasteiger partial charge in [0.1, 0.15) is 12.2 Å². The number of hydrogen-bond donors (Lipinski definition) is 0. The predicted octanol–water partition coefficient (Wildman–Crippen LogP) is 3.71. The van der Waals surface area contributed by atoms with Crippen LogP contribution in [-0.2, 0) is 19.1 Å². The molecule has 5 rings (SSSR count). The van der Waals surface area contributed by atoms with Gasteiger partial charge in [-0.2, -0.15) is 0 Å². The lowest BCUT2D eigenvalue weighted by molar-refractivity contribution is -0.150. The molecule has 2 aliphatic heterocycles. The average Bonchev–Trinajstić information content (AvgIpc) is 3.25. The van der Waals surface area contributed by atoms with E-state index in [1.54, 1.807) is 12.5 Å². The summed E-state index contributed by atoms with van der Waals surface area (Å²) in [5, 5.41) is 0. The van der Waals surface area contributed by atoms with Gasteiger partial charge < -0.3 is 13.9 Å². The molecule has 3 heterocycles. The first-order chi connectivity index (χ1) is 12.0. The molecule has 1 aromatic heterocycles. The molecule has 1 spiro atoms. The summed E-state index contributed by atoms with van der Waals surface area (Å²) >= 11 is 0. The minimum atomic E-state index is -0.622. The van der Waals surface area contributed by atoms with Crippen LogP contribution in [0.4, 0.5) is 0 Å². The van der Waals surface area contributed by atoms with Gasteiger partial charge in [-0.05, 0) is 55.7 Å². The second-order valence-corrected chi connectivity index (χ2v) is 8.23. The highest BCUT2D eigenvalue weighted by Gasteiger charge is 2.64. The van der Waals surface area contributed by atoms with Crippen LogP contribution >= 0.6 is 0 Å². The maximum absolute atomic E-state index is 13.1. The Hall–Kier alpha value is -2.04. The Labute approximate surface area is 146 Å². The molecule has 2 saturated heterocycles. The molecule has 0 bridgehead atoms. The van der Waals surface area contributed by atoms with Crippen LogP contribution in [0.3, 0.4) is 0 Å². The molecule has 0 aromatic carbocycles. The van der Waals surface area contributed by atoms with E-state index in [0.29, 0.717) is 12.8 Å². The molecular formula is C20H22O5. The molecule has 0 N–H and O–H groups in total. The number of carbonyl (C=O) groups excluding carboxylic acids is 2. The summed E-state index contributed by atoms with van der Waals surface area (Å²) < 4.78 is 16.7. The molecule has 0 radical (unpaired) electrons. The Bertz CT molecular complexity index is 791. The summed E-state index contributed by atoms with van der Waals surface area (Å²) in [7, 11) is 0. The Morgan fingerprint density at radius 3 is 2.72 bits per heavy atom. The van der Waals surface area contributed by atoms with E-state index in [1.807, 2.05) is 13.0 Å². The van der Waals surface area contributed by atoms with Crippen LogP contribution in [0, 0.1) is 16.7 Å². The standard InChI is InChI=1S/C20H22O5/c1-11-8-14-16-13(4-3-6-19(16,2)17(21)24-14)20(11)9-15(25-18(20)22)12-5-7-23-10-12/h5,7,10-11,14-15H,3-4,6,8-9H2,1-2H3/t11-,14-,15+,19+,20-/m0/s1. The molecule has 132 valence electrons. The number of carbonyl (C=O) groups is 2. The third-order valence-electron chi connectivity index (χ3n) is 7.03. The minimum Gasteiger partial charge on any atom is -0.472 e. The summed E-state index contributed by atoms with van der Waals surface area (Å²) in [6.45, 7) is 4.09. The monoisotopic (exact) mass is 342 g/mol. The van der Waals surface area contributed by atoms with Gasteiger partial charge in [-0.15, -0.1) is 0 Å². The quantitative estimate of drug-likeness (QED) is 0.575. The van der Waals surface area contributed by atoms with Crippen molar-refractivity contribution < 1.29 is 23.5 Å². The maximum atomic E-state index is 13.1. The van der Waals surface area contributed by atoms with Crippen molar-refractivity contribution in [3.63, 3.8) is 0 Å². The third-order valence-corrected chi connectivity index (χ3v) is 7.03. The molecule has 0 unspecified atom stereocenters. The molecule has 25 heavy (non-hydrogen) atoms. The fraction of sp³-hybridized carbons (Fsp3) is 0.600. The second kappa shape index (κ2) is 4.77. The number of fused-ring (bicyclic) bond motifs is 1. The van der Waals surface area contributed by atoms with Gasteiger partial charge in [0.2, 0.25) is 0 Å². The number of cyclic esters (lactones) is 1. The molecule has 2 aliphatic carbocycles. The molecule has 5 atom stereocenters. The lowest BCUT2D eigenvalue weighted by atomic mass is 9.55. The molecule has 5 heteroatoms. The highest BCUT2D eigenvalue weighted by atomic mass is 16.6. The maximum Gasteiger partial charge on any atom is 0.317 e. The second-order valence-electron chi connectivity index (χ2n) is 8.23. The smallest absolute Gasteiger partial charge is 0.317 e. The number of furan rings is 1. The minimum absolute atomic E-state index is 0.0916. The topological polar surface area (TPSA) is 65.7 Å². The first kappa shape index (κ1) is 15.2. The fourth-order valence-corrected chi connectivity index (χ4v) is 5.69. The van der Waals surface area contributed by atoms with Crippen molar-refractivity contribution in [3.8, 4) is 0 Å². The van der Waals surface area contributed by atoms with Gasteiger partial charge in [-0.25, -0.2) is 0 Å². The summed E-state index contributed by atoms with van der Waals surface area (Å²) in [5.74, 6) is -0.170. The van der Waals surface area contributed by atoms with Gasteiger partial charge >= 0.3 is 11.9 Å². The normalized spacial score (nSPS) is 42.6. The van der Waals surface area contributed by atoms with E-state index in [-0.39, 0.29) is 30.1 Å². The first-order valence-electron chi connectivity index (χ1n) is 9.15. The number of ether oxygens (including phenoxy) is 2. The van der Waals surface area contributed by atoms with Gasteiger partial charge in [0, 0.05) is 12.0 Å². The Morgan fingerprint density at radius 1 is 1.16 bits per heavy atom. The van der Waals surface area contributed by atoms with Crippen LogP contribution in [-0.4, -0.2) is 18.0 Å². The summed E-state index contributed by atoms with van der Waals surface area (Å²) in [6.07, 6.45) is 6.74. The Morgan fingerprint density at radius 2 is 1.96 bits per heavy atom. The zero-order valence-corrected chi connectivity index (χ0v) is 14.5. The summed E-state index contributed by atoms with van der Waals surface area (Å²) in [5.41, 5.74) is 1.95. The van der Waals surface area contributed by atoms with Crippen LogP contribution in [0.15, 0.2) is 34.2 Å². The Balaban J connectivity index is 1.66. The largest absolute Gasteiger partial charge is 0.472 e. The van der Waals surface area contributed by atoms with E-state index in [9.17, 15) is 9.59 Å². The van der Waals surface area contributed by atoms with Crippen molar-refractivity contribution in [1.82, 2.24) is 0 Å². The van der Waals surface area contributed by atoms with E-state index in [2.05, 4.69) is 6.92 Å². The van der Waals surface area contributed by atoms with Crippen LogP contribution in [0.5, 0.6) is 0 Å². The van der Waals surface area contributed by atoms with Crippen molar-refractivity contribution in [2.45, 2.75) is 58.2 Å². The lowest BCUT2D eigenvalue weighted by Crippen LogP contribution is -2.45. The Kier molecular flexibility index (Phi) is 2.91. The van der Waals surface area contributed by atoms with Crippen LogP contribution in [0.2, 0.25) is 0 Å². The average molecular weight is 342 g/mol. The van der Waals surface area contributed by atoms with Gasteiger partial charge in [0.15, 0.2) is 0 Å². The van der Waals surface area contributed by atoms with E-state index >= 15 is 0 Å². The molecular weight excluding hydrogens is 320 g/mol. The molecule has 2 fully saturated rings. The van der Waals surface area contributed by atoms with Gasteiger partial charge in [-0.1, -0.05) is 6.92 Å². The lowest BCUT2D eigenvalue weighted by Gasteiger charge is -2.45. The van der Waals surface area contributed by atoms with Crippen molar-refractivity contribution in [3.05, 3.63) is 35.3 Å². The summed E-state index contributed by atoms with van der Waals surface area (Å²) in [6, 6.07) is 1.86. The van der Waals surface area contributed by atoms with Crippen molar-refractivity contribution in [2.24, 2.45) is 16.7 Å². The van der Waals surface area contributed by atoms with Gasteiger partial charge in [0.05, 0.1) is 23.4 Å². The van der Waals surface area contributed by atoms with Crippen molar-refractivity contribution in [2.75, 3.05) is 0 Å². The van der Waals surface area contributed by atoms with E-state index in [0.717, 1.165) is 36.0 Å². The third kappa shape index (κ3) is 1.74. The molecule has 0 amide bonds. The molecule has 4 aliphatic rings. The van der Waals surface area contributed by atoms with E-state index in [1.165, 1.54) is 0 Å². The first-order valence-corrected chi connectivity index (χ1v) is 9.15. The SMILES string of the molecule is C[C@H]1C[C@@H]2OC(=O)[C@]3(C)CCCC(=C23)[C@]12C[C@H](c1ccoc1)OC2=O. The fourth-order valence-electron chi connectivity index (χ4n) is 5.69. The van der Waals surface area contributed by atoms with Gasteiger partial charge in [0.25, 0.3) is 0 Å². The molecule has 1 aromatic rings. The van der Waals surface area contributed by atoms with Crippen LogP contribution in [0.1, 0.15) is 57.6 Å². The number of esters is 2. The molecule has 5 nitrogen and oxygen atoms in total. The highest BCUT2D eigenvalue weighted by Crippen LogP contribution is 2.63. The van der Waals surface area contributed by atoms with Crippen molar-refractivity contribution >= 4 is 11.9 Å². The number of hydrogen-bond acceptors (Lipinski definition) is 5. The highest BCUT2D eigenvalue weighted by molar-refractivity contribution is 5.89. The molecule has 0 saturated carbocycles. The van der Waals surface area contributed by atoms with Crippen molar-refractivity contribution in [1.29, 1.82) is 0 Å². The van der Waals surface area contributed by atoms with E-state index < -0.39 is 10.8 Å². The zero-order chi connectivity index (χ0) is 17.4. The predicted molar refractivity (Wildman–Crippen MR) is 87.2 cm³/mol. The van der Waals surface area contributed by atoms with Crippen LogP contribution < -0.4 is 0 Å².